The lowest BCUT2D eigenvalue weighted by Gasteiger charge is -2.33. The highest BCUT2D eigenvalue weighted by molar-refractivity contribution is 6.10. The van der Waals surface area contributed by atoms with E-state index in [1.807, 2.05) is 0 Å². The summed E-state index contributed by atoms with van der Waals surface area (Å²) in [6.07, 6.45) is 39.5. The van der Waals surface area contributed by atoms with Crippen molar-refractivity contribution in [1.82, 2.24) is 19.9 Å². The van der Waals surface area contributed by atoms with Crippen molar-refractivity contribution in [3.63, 3.8) is 0 Å². The average molecular weight is 1030 g/mol. The molecule has 0 fully saturated rings. The topological polar surface area (TPSA) is 63.2 Å². The van der Waals surface area contributed by atoms with Gasteiger partial charge in [-0.1, -0.05) is 97.1 Å². The third kappa shape index (κ3) is 5.67. The standard InChI is InChI=1S/C76H56N4/c1-2-38-4-3-37(1)53-17-45-25-61-62(26-46(45)18-54(38)53)70-34-72-65-29-49-21-57-41-9-11-42(12-10-41)58(57)22-50(49)30-66(65)74(79-72)36-76-68-32-52-24-60-44-15-13-43(14-16-44)59(60)23-51(52)31-67(68)75(80-76)35-73-64-28-48-20-56-40-7-5-39(6-8-40)55(56)19-47(48)27-63(64)71(78-73)33-69(61)77-70/h1-2,5,7,9,11,13,15,17-44,77-80H,3-4,6,8,10,12,14,16H2. The van der Waals surface area contributed by atoms with Crippen molar-refractivity contribution in [1.29, 1.82) is 0 Å². The first-order valence-corrected chi connectivity index (χ1v) is 30.1. The zero-order chi connectivity index (χ0) is 51.4. The molecule has 380 valence electrons. The third-order valence-corrected chi connectivity index (χ3v) is 21.9. The van der Waals surface area contributed by atoms with Crippen molar-refractivity contribution in [2.75, 3.05) is 0 Å². The van der Waals surface area contributed by atoms with Gasteiger partial charge in [0.1, 0.15) is 0 Å². The Hall–Kier alpha value is -8.60. The number of aromatic amines is 4. The van der Waals surface area contributed by atoms with E-state index in [2.05, 4.69) is 190 Å². The Balaban J connectivity index is 0.891. The highest BCUT2D eigenvalue weighted by atomic mass is 14.8. The monoisotopic (exact) mass is 1020 g/mol. The lowest BCUT2D eigenvalue weighted by molar-refractivity contribution is 0.554. The van der Waals surface area contributed by atoms with Gasteiger partial charge in [0.2, 0.25) is 0 Å². The zero-order valence-electron chi connectivity index (χ0n) is 44.4. The highest BCUT2D eigenvalue weighted by Gasteiger charge is 2.33. The van der Waals surface area contributed by atoms with Crippen LogP contribution < -0.4 is 21.4 Å². The number of hydrogen-bond acceptors (Lipinski definition) is 0. The van der Waals surface area contributed by atoms with E-state index in [4.69, 9.17) is 0 Å². The van der Waals surface area contributed by atoms with E-state index in [9.17, 15) is 0 Å². The van der Waals surface area contributed by atoms with Crippen LogP contribution in [0.25, 0.3) is 110 Å². The minimum absolute atomic E-state index is 0.509. The molecule has 8 aromatic carbocycles. The maximum absolute atomic E-state index is 4.14. The molecular formula is C76H56N4. The Kier molecular flexibility index (Phi) is 7.83. The summed E-state index contributed by atoms with van der Waals surface area (Å²) in [4.78, 5) is 16.5. The second kappa shape index (κ2) is 14.8. The van der Waals surface area contributed by atoms with E-state index in [0.29, 0.717) is 47.3 Å². The van der Waals surface area contributed by atoms with Gasteiger partial charge >= 0.3 is 0 Å². The van der Waals surface area contributed by atoms with Crippen LogP contribution in [0.2, 0.25) is 0 Å². The molecule has 8 atom stereocenters. The maximum Gasteiger partial charge on any atom is 0.0486 e. The third-order valence-electron chi connectivity index (χ3n) is 21.9. The van der Waals surface area contributed by atoms with Crippen LogP contribution in [0.1, 0.15) is 166 Å². The summed E-state index contributed by atoms with van der Waals surface area (Å²) in [5, 5.41) is 25.0. The van der Waals surface area contributed by atoms with Gasteiger partial charge < -0.3 is 19.9 Å². The molecule has 0 spiro atoms. The predicted octanol–water partition coefficient (Wildman–Crippen LogP) is 16.0. The van der Waals surface area contributed by atoms with Crippen molar-refractivity contribution in [3.8, 4) is 0 Å². The molecule has 80 heavy (non-hydrogen) atoms. The molecule has 5 heterocycles. The Morgan fingerprint density at radius 3 is 0.550 bits per heavy atom. The summed E-state index contributed by atoms with van der Waals surface area (Å²) in [6.45, 7) is 0. The van der Waals surface area contributed by atoms with Crippen LogP contribution in [-0.4, -0.2) is 19.9 Å². The Morgan fingerprint density at radius 1 is 0.200 bits per heavy atom. The maximum atomic E-state index is 4.14. The number of allylic oxidation sites excluding steroid dienone is 8. The van der Waals surface area contributed by atoms with Crippen molar-refractivity contribution < 1.29 is 0 Å². The fourth-order valence-electron chi connectivity index (χ4n) is 17.9. The van der Waals surface area contributed by atoms with Gasteiger partial charge in [-0.25, -0.2) is 0 Å². The molecule has 4 nitrogen and oxygen atoms in total. The lowest BCUT2D eigenvalue weighted by Crippen LogP contribution is -2.16. The fraction of sp³-hybridized carbons (Fsp3) is 0.211. The van der Waals surface area contributed by atoms with E-state index in [1.165, 1.54) is 182 Å². The molecule has 16 bridgehead atoms. The second-order valence-corrected chi connectivity index (χ2v) is 26.0. The van der Waals surface area contributed by atoms with Crippen molar-refractivity contribution in [2.45, 2.75) is 98.7 Å². The molecule has 13 aliphatic rings. The number of H-pyrrole nitrogens is 4. The summed E-state index contributed by atoms with van der Waals surface area (Å²) in [7, 11) is 0. The minimum atomic E-state index is 0.509. The molecule has 1 aliphatic heterocycles. The van der Waals surface area contributed by atoms with E-state index >= 15 is 0 Å². The number of hydrogen-bond donors (Lipinski definition) is 4. The first-order valence-electron chi connectivity index (χ1n) is 30.1. The van der Waals surface area contributed by atoms with Crippen LogP contribution in [0.5, 0.6) is 0 Å². The van der Waals surface area contributed by atoms with Crippen LogP contribution in [0.4, 0.5) is 0 Å². The quantitative estimate of drug-likeness (QED) is 0.109. The van der Waals surface area contributed by atoms with Crippen LogP contribution >= 0.6 is 0 Å². The molecule has 0 saturated carbocycles. The zero-order valence-corrected chi connectivity index (χ0v) is 44.4. The van der Waals surface area contributed by atoms with E-state index in [-0.39, 0.29) is 0 Å². The fourth-order valence-corrected chi connectivity index (χ4v) is 17.9. The Morgan fingerprint density at radius 2 is 0.375 bits per heavy atom. The van der Waals surface area contributed by atoms with Crippen LogP contribution in [0, 0.1) is 0 Å². The molecule has 0 radical (unpaired) electrons. The number of rotatable bonds is 0. The summed E-state index contributed by atoms with van der Waals surface area (Å²) < 4.78 is 0. The van der Waals surface area contributed by atoms with Gasteiger partial charge in [-0.15, -0.1) is 0 Å². The van der Waals surface area contributed by atoms with E-state index in [0.717, 1.165) is 44.2 Å². The normalized spacial score (nSPS) is 24.8. The van der Waals surface area contributed by atoms with Gasteiger partial charge in [0.15, 0.2) is 0 Å². The van der Waals surface area contributed by atoms with Crippen molar-refractivity contribution in [3.05, 3.63) is 234 Å². The van der Waals surface area contributed by atoms with E-state index < -0.39 is 0 Å². The number of benzene rings is 8. The summed E-state index contributed by atoms with van der Waals surface area (Å²) in [5.74, 6) is 4.07. The molecular weight excluding hydrogens is 969 g/mol. The number of aromatic nitrogens is 4. The first-order chi connectivity index (χ1) is 39.5. The van der Waals surface area contributed by atoms with E-state index in [1.54, 1.807) is 0 Å². The molecule has 4 heteroatoms. The largest absolute Gasteiger partial charge is 0.354 e. The van der Waals surface area contributed by atoms with Gasteiger partial charge in [-0.05, 0) is 212 Å². The van der Waals surface area contributed by atoms with Gasteiger partial charge in [-0.2, -0.15) is 0 Å². The lowest BCUT2D eigenvalue weighted by atomic mass is 9.71. The average Bonchev–Trinajstić information content (AvgIpc) is 4.30. The van der Waals surface area contributed by atoms with Crippen LogP contribution in [0.15, 0.2) is 146 Å². The molecule has 0 saturated heterocycles. The van der Waals surface area contributed by atoms with Crippen molar-refractivity contribution in [2.24, 2.45) is 0 Å². The Labute approximate surface area is 461 Å². The summed E-state index contributed by atoms with van der Waals surface area (Å²) >= 11 is 0. The van der Waals surface area contributed by atoms with Gasteiger partial charge in [0.05, 0.1) is 0 Å². The Bertz CT molecular complexity index is 4730. The van der Waals surface area contributed by atoms with Crippen LogP contribution in [0.3, 0.4) is 0 Å². The number of nitrogens with one attached hydrogen (secondary N) is 4. The molecule has 12 aromatic rings. The molecule has 4 N–H and O–H groups in total. The van der Waals surface area contributed by atoms with Crippen molar-refractivity contribution >= 4 is 110 Å². The molecule has 0 amide bonds. The smallest absolute Gasteiger partial charge is 0.0486 e. The first kappa shape index (κ1) is 42.4. The van der Waals surface area contributed by atoms with Gasteiger partial charge in [-0.3, -0.25) is 0 Å². The molecule has 4 aromatic heterocycles. The SMILES string of the molecule is C1=CC2CCC1c1cc3cc4c5[nH]c(c4cc3cc12)C=c1[nH]c(c2cc3cc4c(cc3cc12)C1C=CC4CC1)=Cc1[nH]c(c2cc3cc4c(cc3cc12)C1C=CC4CC1)C=c1[nH]c(c2cc3cc4c(cc3cc12)C1C=CC4CC1)=C5. The minimum Gasteiger partial charge on any atom is -0.354 e. The molecule has 25 rings (SSSR count). The van der Waals surface area contributed by atoms with Crippen LogP contribution in [-0.2, 0) is 0 Å². The summed E-state index contributed by atoms with van der Waals surface area (Å²) in [6, 6.07) is 40.2. The molecule has 8 unspecified atom stereocenters. The summed E-state index contributed by atoms with van der Waals surface area (Å²) in [5.41, 5.74) is 16.7. The highest BCUT2D eigenvalue weighted by Crippen LogP contribution is 2.51. The number of fused-ring (bicyclic) bond motifs is 28. The van der Waals surface area contributed by atoms with Gasteiger partial charge in [0, 0.05) is 135 Å². The second-order valence-electron chi connectivity index (χ2n) is 26.0. The van der Waals surface area contributed by atoms with Gasteiger partial charge in [0.25, 0.3) is 0 Å². The molecule has 12 aliphatic carbocycles. The predicted molar refractivity (Wildman–Crippen MR) is 331 cm³/mol.